The zero-order valence-corrected chi connectivity index (χ0v) is 10.1. The Kier molecular flexibility index (Phi) is 3.11. The van der Waals surface area contributed by atoms with Crippen LogP contribution in [0.15, 0.2) is 21.0 Å². The molecule has 0 aliphatic heterocycles. The third-order valence-corrected chi connectivity index (χ3v) is 2.96. The molecule has 17 heavy (non-hydrogen) atoms. The maximum absolute atomic E-state index is 11.2. The highest BCUT2D eigenvalue weighted by molar-refractivity contribution is 7.99. The molecule has 0 bridgehead atoms. The van der Waals surface area contributed by atoms with Crippen molar-refractivity contribution in [1.29, 1.82) is 0 Å². The Morgan fingerprint density at radius 1 is 1.53 bits per heavy atom. The summed E-state index contributed by atoms with van der Waals surface area (Å²) in [5.74, 6) is 6.39. The Balaban J connectivity index is 2.33. The molecular formula is C8H11N7OS. The largest absolute Gasteiger partial charge is 0.343 e. The number of nitrogens with two attached hydrogens (primary N) is 1. The maximum Gasteiger partial charge on any atom is 0.343 e. The fourth-order valence-electron chi connectivity index (χ4n) is 1.18. The van der Waals surface area contributed by atoms with Crippen molar-refractivity contribution < 1.29 is 0 Å². The van der Waals surface area contributed by atoms with E-state index in [1.807, 2.05) is 0 Å². The van der Waals surface area contributed by atoms with Gasteiger partial charge in [-0.2, -0.15) is 0 Å². The minimum atomic E-state index is -0.268. The number of aromatic nitrogens is 5. The van der Waals surface area contributed by atoms with Gasteiger partial charge in [-0.1, -0.05) is 0 Å². The Bertz CT molecular complexity index is 590. The number of nitrogens with one attached hydrogen (secondary N) is 2. The fourth-order valence-corrected chi connectivity index (χ4v) is 2.03. The van der Waals surface area contributed by atoms with E-state index in [2.05, 4.69) is 25.6 Å². The lowest BCUT2D eigenvalue weighted by molar-refractivity contribution is 0.764. The van der Waals surface area contributed by atoms with Crippen LogP contribution in [0.1, 0.15) is 5.82 Å². The molecule has 4 N–H and O–H groups in total. The molecule has 0 fully saturated rings. The molecule has 0 saturated heterocycles. The summed E-state index contributed by atoms with van der Waals surface area (Å²) < 4.78 is 1.40. The van der Waals surface area contributed by atoms with Crippen LogP contribution in [0, 0.1) is 6.92 Å². The van der Waals surface area contributed by atoms with Crippen LogP contribution in [0.5, 0.6) is 0 Å². The second-order valence-corrected chi connectivity index (χ2v) is 4.24. The van der Waals surface area contributed by atoms with E-state index in [1.54, 1.807) is 20.0 Å². The molecule has 0 radical (unpaired) electrons. The van der Waals surface area contributed by atoms with Gasteiger partial charge in [-0.25, -0.2) is 25.7 Å². The molecule has 2 aromatic heterocycles. The van der Waals surface area contributed by atoms with Crippen molar-refractivity contribution in [3.8, 4) is 0 Å². The van der Waals surface area contributed by atoms with E-state index >= 15 is 0 Å². The average molecular weight is 253 g/mol. The number of nitrogens with zero attached hydrogens (tertiary/aromatic N) is 4. The number of nitrogen functional groups attached to an aromatic ring is 1. The minimum absolute atomic E-state index is 0.268. The molecule has 0 aliphatic rings. The first-order chi connectivity index (χ1) is 8.10. The molecule has 0 saturated carbocycles. The summed E-state index contributed by atoms with van der Waals surface area (Å²) in [5.41, 5.74) is 2.18. The van der Waals surface area contributed by atoms with Crippen LogP contribution in [-0.4, -0.2) is 24.7 Å². The van der Waals surface area contributed by atoms with Gasteiger partial charge < -0.3 is 5.43 Å². The zero-order chi connectivity index (χ0) is 12.4. The van der Waals surface area contributed by atoms with E-state index in [0.717, 1.165) is 0 Å². The summed E-state index contributed by atoms with van der Waals surface area (Å²) in [4.78, 5) is 19.5. The fraction of sp³-hybridized carbons (Fsp3) is 0.250. The Labute approximate surface area is 101 Å². The highest BCUT2D eigenvalue weighted by Gasteiger charge is 2.09. The van der Waals surface area contributed by atoms with Gasteiger partial charge in [-0.3, -0.25) is 4.57 Å². The standard InChI is InChI=1S/C8H11N7OS/c1-4-10-5(12-9)3-6(11-4)17-8-14-13-7(16)15(8)2/h3H,9H2,1-2H3,(H,13,16)(H,10,11,12). The van der Waals surface area contributed by atoms with Crippen LogP contribution in [0.4, 0.5) is 5.82 Å². The smallest absolute Gasteiger partial charge is 0.308 e. The Morgan fingerprint density at radius 2 is 2.29 bits per heavy atom. The number of aryl methyl sites for hydroxylation is 1. The predicted molar refractivity (Wildman–Crippen MR) is 62.5 cm³/mol. The van der Waals surface area contributed by atoms with Gasteiger partial charge in [0.25, 0.3) is 0 Å². The van der Waals surface area contributed by atoms with Crippen molar-refractivity contribution in [2.75, 3.05) is 5.43 Å². The topological polar surface area (TPSA) is 115 Å². The van der Waals surface area contributed by atoms with Gasteiger partial charge in [-0.15, -0.1) is 5.10 Å². The number of H-pyrrole nitrogens is 1. The van der Waals surface area contributed by atoms with Gasteiger partial charge in [0.15, 0.2) is 5.16 Å². The summed E-state index contributed by atoms with van der Waals surface area (Å²) in [6.45, 7) is 1.76. The van der Waals surface area contributed by atoms with Gasteiger partial charge in [0.2, 0.25) is 0 Å². The summed E-state index contributed by atoms with van der Waals surface area (Å²) in [6.07, 6.45) is 0. The molecule has 2 rings (SSSR count). The molecular weight excluding hydrogens is 242 g/mol. The number of anilines is 1. The van der Waals surface area contributed by atoms with Crippen LogP contribution in [-0.2, 0) is 7.05 Å². The first kappa shape index (κ1) is 11.6. The van der Waals surface area contributed by atoms with Gasteiger partial charge in [-0.05, 0) is 18.7 Å². The maximum atomic E-state index is 11.2. The molecule has 9 heteroatoms. The first-order valence-corrected chi connectivity index (χ1v) is 5.53. The number of rotatable bonds is 3. The van der Waals surface area contributed by atoms with E-state index in [0.29, 0.717) is 21.8 Å². The molecule has 8 nitrogen and oxygen atoms in total. The summed E-state index contributed by atoms with van der Waals surface area (Å²) in [5, 5.41) is 7.41. The first-order valence-electron chi connectivity index (χ1n) is 4.71. The van der Waals surface area contributed by atoms with Gasteiger partial charge in [0.1, 0.15) is 16.7 Å². The van der Waals surface area contributed by atoms with Crippen LogP contribution >= 0.6 is 11.8 Å². The van der Waals surface area contributed by atoms with Crippen LogP contribution in [0.2, 0.25) is 0 Å². The summed E-state index contributed by atoms with van der Waals surface area (Å²) in [7, 11) is 1.63. The number of hydrogen-bond donors (Lipinski definition) is 3. The molecule has 0 unspecified atom stereocenters. The lowest BCUT2D eigenvalue weighted by Crippen LogP contribution is -2.13. The van der Waals surface area contributed by atoms with Crippen LogP contribution < -0.4 is 17.0 Å². The molecule has 0 aromatic carbocycles. The van der Waals surface area contributed by atoms with Gasteiger partial charge >= 0.3 is 5.69 Å². The number of aromatic amines is 1. The van der Waals surface area contributed by atoms with Crippen molar-refractivity contribution in [3.63, 3.8) is 0 Å². The quantitative estimate of drug-likeness (QED) is 0.389. The second kappa shape index (κ2) is 4.55. The monoisotopic (exact) mass is 253 g/mol. The Hall–Kier alpha value is -1.87. The molecule has 2 heterocycles. The molecule has 0 atom stereocenters. The summed E-state index contributed by atoms with van der Waals surface area (Å²) in [6, 6.07) is 1.68. The molecule has 90 valence electrons. The molecule has 0 aliphatic carbocycles. The summed E-state index contributed by atoms with van der Waals surface area (Å²) >= 11 is 1.25. The van der Waals surface area contributed by atoms with Crippen LogP contribution in [0.25, 0.3) is 0 Å². The lowest BCUT2D eigenvalue weighted by atomic mass is 10.5. The van der Waals surface area contributed by atoms with Crippen LogP contribution in [0.3, 0.4) is 0 Å². The SMILES string of the molecule is Cc1nc(NN)cc(Sc2n[nH]c(=O)n2C)n1. The van der Waals surface area contributed by atoms with Crippen molar-refractivity contribution in [1.82, 2.24) is 24.7 Å². The molecule has 2 aromatic rings. The highest BCUT2D eigenvalue weighted by atomic mass is 32.2. The average Bonchev–Trinajstić information content (AvgIpc) is 2.60. The van der Waals surface area contributed by atoms with Crippen molar-refractivity contribution in [2.24, 2.45) is 12.9 Å². The van der Waals surface area contributed by atoms with Crippen molar-refractivity contribution in [3.05, 3.63) is 22.4 Å². The lowest BCUT2D eigenvalue weighted by Gasteiger charge is -2.04. The number of hydrogen-bond acceptors (Lipinski definition) is 7. The van der Waals surface area contributed by atoms with E-state index in [9.17, 15) is 4.79 Å². The Morgan fingerprint density at radius 3 is 2.88 bits per heavy atom. The predicted octanol–water partition coefficient (Wildman–Crippen LogP) is -0.356. The highest BCUT2D eigenvalue weighted by Crippen LogP contribution is 2.24. The van der Waals surface area contributed by atoms with Gasteiger partial charge in [0.05, 0.1) is 0 Å². The third kappa shape index (κ3) is 2.45. The number of hydrazine groups is 1. The van der Waals surface area contributed by atoms with Gasteiger partial charge in [0, 0.05) is 13.1 Å². The van der Waals surface area contributed by atoms with E-state index in [1.165, 1.54) is 16.3 Å². The third-order valence-electron chi connectivity index (χ3n) is 2.00. The van der Waals surface area contributed by atoms with E-state index in [4.69, 9.17) is 5.84 Å². The molecule has 0 spiro atoms. The zero-order valence-electron chi connectivity index (χ0n) is 9.26. The normalized spacial score (nSPS) is 10.5. The van der Waals surface area contributed by atoms with Crippen molar-refractivity contribution >= 4 is 17.6 Å². The van der Waals surface area contributed by atoms with Crippen molar-refractivity contribution in [2.45, 2.75) is 17.1 Å². The van der Waals surface area contributed by atoms with E-state index < -0.39 is 0 Å². The minimum Gasteiger partial charge on any atom is -0.308 e. The molecule has 0 amide bonds. The second-order valence-electron chi connectivity index (χ2n) is 3.26. The van der Waals surface area contributed by atoms with E-state index in [-0.39, 0.29) is 5.69 Å².